The summed E-state index contributed by atoms with van der Waals surface area (Å²) in [6, 6.07) is 3.03. The third kappa shape index (κ3) is 4.20. The van der Waals surface area contributed by atoms with Crippen LogP contribution in [0, 0.1) is 6.92 Å². The maximum Gasteiger partial charge on any atom is 0.417 e. The maximum atomic E-state index is 12.7. The highest BCUT2D eigenvalue weighted by Gasteiger charge is 2.33. The normalized spacial score (nSPS) is 12.1. The second-order valence-corrected chi connectivity index (χ2v) is 5.08. The summed E-state index contributed by atoms with van der Waals surface area (Å²) in [5, 5.41) is 11.5. The topological polar surface area (TPSA) is 62.2 Å². The fourth-order valence-corrected chi connectivity index (χ4v) is 1.99. The molecule has 4 nitrogen and oxygen atoms in total. The van der Waals surface area contributed by atoms with E-state index in [0.717, 1.165) is 18.2 Å². The summed E-state index contributed by atoms with van der Waals surface area (Å²) < 4.78 is 75.9. The number of aromatic carboxylic acids is 1. The summed E-state index contributed by atoms with van der Waals surface area (Å²) in [5.41, 5.74) is -2.71. The average molecular weight is 364 g/mol. The molecule has 134 valence electrons. The number of nitrogens with zero attached hydrogens (tertiary/aromatic N) is 1. The first-order valence-corrected chi connectivity index (χ1v) is 6.65. The Morgan fingerprint density at radius 1 is 1.04 bits per heavy atom. The van der Waals surface area contributed by atoms with E-state index in [-0.39, 0.29) is 11.3 Å². The predicted molar refractivity (Wildman–Crippen MR) is 75.7 cm³/mol. The molecule has 1 aromatic carbocycles. The number of hydrogen-bond donors (Lipinski definition) is 2. The largest absolute Gasteiger partial charge is 0.478 e. The van der Waals surface area contributed by atoms with Crippen LogP contribution in [0.2, 0.25) is 0 Å². The number of aryl methyl sites for hydroxylation is 1. The molecule has 0 spiro atoms. The maximum absolute atomic E-state index is 12.7. The van der Waals surface area contributed by atoms with Crippen molar-refractivity contribution in [2.45, 2.75) is 19.3 Å². The van der Waals surface area contributed by atoms with Crippen LogP contribution in [-0.4, -0.2) is 16.1 Å². The molecule has 0 unspecified atom stereocenters. The quantitative estimate of drug-likeness (QED) is 0.763. The van der Waals surface area contributed by atoms with Gasteiger partial charge in [-0.2, -0.15) is 26.3 Å². The molecule has 1 heterocycles. The van der Waals surface area contributed by atoms with Crippen molar-refractivity contribution in [2.75, 3.05) is 5.32 Å². The number of halogens is 6. The van der Waals surface area contributed by atoms with Crippen molar-refractivity contribution in [3.8, 4) is 0 Å². The molecule has 25 heavy (non-hydrogen) atoms. The molecule has 0 aliphatic rings. The van der Waals surface area contributed by atoms with Crippen molar-refractivity contribution < 1.29 is 36.2 Å². The Morgan fingerprint density at radius 3 is 2.12 bits per heavy atom. The van der Waals surface area contributed by atoms with Crippen LogP contribution in [0.1, 0.15) is 27.0 Å². The average Bonchev–Trinajstić information content (AvgIpc) is 2.47. The van der Waals surface area contributed by atoms with Crippen LogP contribution in [0.4, 0.5) is 37.8 Å². The van der Waals surface area contributed by atoms with Gasteiger partial charge in [-0.1, -0.05) is 0 Å². The van der Waals surface area contributed by atoms with Crippen LogP contribution in [0.3, 0.4) is 0 Å². The summed E-state index contributed by atoms with van der Waals surface area (Å²) in [6.07, 6.45) is -8.89. The summed E-state index contributed by atoms with van der Waals surface area (Å²) in [7, 11) is 0. The van der Waals surface area contributed by atoms with E-state index in [1.807, 2.05) is 0 Å². The van der Waals surface area contributed by atoms with Gasteiger partial charge in [0.05, 0.1) is 11.1 Å². The van der Waals surface area contributed by atoms with Gasteiger partial charge < -0.3 is 10.4 Å². The second-order valence-electron chi connectivity index (χ2n) is 5.08. The number of aromatic nitrogens is 1. The lowest BCUT2D eigenvalue weighted by Crippen LogP contribution is -2.12. The highest BCUT2D eigenvalue weighted by Crippen LogP contribution is 2.34. The number of nitrogens with one attached hydrogen (secondary N) is 1. The molecule has 1 aromatic heterocycles. The number of benzene rings is 1. The predicted octanol–water partition coefficient (Wildman–Crippen LogP) is 4.87. The van der Waals surface area contributed by atoms with E-state index in [9.17, 15) is 31.1 Å². The number of hydrogen-bond acceptors (Lipinski definition) is 3. The highest BCUT2D eigenvalue weighted by atomic mass is 19.4. The standard InChI is InChI=1S/C15H10F6N2O2/c1-7-4-8(14(16,17)18)2-3-11(7)23-12-10(13(24)25)5-9(6-22-12)15(19,20)21/h2-6H,1H3,(H,22,23)(H,24,25). The van der Waals surface area contributed by atoms with Gasteiger partial charge in [0, 0.05) is 11.9 Å². The Hall–Kier alpha value is -2.78. The Labute approximate surface area is 137 Å². The van der Waals surface area contributed by atoms with E-state index >= 15 is 0 Å². The summed E-state index contributed by atoms with van der Waals surface area (Å²) in [5.74, 6) is -2.07. The Morgan fingerprint density at radius 2 is 1.64 bits per heavy atom. The van der Waals surface area contributed by atoms with Gasteiger partial charge in [-0.3, -0.25) is 0 Å². The zero-order valence-corrected chi connectivity index (χ0v) is 12.5. The third-order valence-corrected chi connectivity index (χ3v) is 3.25. The van der Waals surface area contributed by atoms with Crippen molar-refractivity contribution in [3.05, 3.63) is 52.7 Å². The van der Waals surface area contributed by atoms with E-state index in [1.165, 1.54) is 6.92 Å². The van der Waals surface area contributed by atoms with Gasteiger partial charge in [0.1, 0.15) is 11.4 Å². The lowest BCUT2D eigenvalue weighted by molar-refractivity contribution is -0.138. The number of pyridine rings is 1. The number of rotatable bonds is 3. The van der Waals surface area contributed by atoms with Gasteiger partial charge >= 0.3 is 18.3 Å². The smallest absolute Gasteiger partial charge is 0.417 e. The van der Waals surface area contributed by atoms with Crippen LogP contribution in [0.15, 0.2) is 30.5 Å². The number of anilines is 2. The first kappa shape index (κ1) is 18.6. The third-order valence-electron chi connectivity index (χ3n) is 3.25. The summed E-state index contributed by atoms with van der Waals surface area (Å²) >= 11 is 0. The zero-order chi connectivity index (χ0) is 19.0. The van der Waals surface area contributed by atoms with Crippen molar-refractivity contribution in [3.63, 3.8) is 0 Å². The molecule has 0 radical (unpaired) electrons. The molecule has 0 amide bonds. The first-order chi connectivity index (χ1) is 11.4. The minimum absolute atomic E-state index is 0.0859. The lowest BCUT2D eigenvalue weighted by atomic mass is 10.1. The molecule has 0 aliphatic carbocycles. The molecular formula is C15H10F6N2O2. The van der Waals surface area contributed by atoms with Crippen LogP contribution in [0.25, 0.3) is 0 Å². The van der Waals surface area contributed by atoms with Gasteiger partial charge in [0.2, 0.25) is 0 Å². The minimum atomic E-state index is -4.78. The second kappa shape index (κ2) is 6.26. The Bertz CT molecular complexity index is 815. The van der Waals surface area contributed by atoms with E-state index in [4.69, 9.17) is 5.11 Å². The fourth-order valence-electron chi connectivity index (χ4n) is 1.99. The molecule has 10 heteroatoms. The number of alkyl halides is 6. The Kier molecular flexibility index (Phi) is 4.65. The molecule has 0 saturated heterocycles. The number of carbonyl (C=O) groups is 1. The monoisotopic (exact) mass is 364 g/mol. The van der Waals surface area contributed by atoms with Crippen LogP contribution < -0.4 is 5.32 Å². The fraction of sp³-hybridized carbons (Fsp3) is 0.200. The van der Waals surface area contributed by atoms with E-state index < -0.39 is 40.8 Å². The number of carboxylic acids is 1. The number of carboxylic acid groups (broad SMARTS) is 1. The highest BCUT2D eigenvalue weighted by molar-refractivity contribution is 5.94. The lowest BCUT2D eigenvalue weighted by Gasteiger charge is -2.15. The van der Waals surface area contributed by atoms with Gasteiger partial charge in [-0.05, 0) is 36.8 Å². The SMILES string of the molecule is Cc1cc(C(F)(F)F)ccc1Nc1ncc(C(F)(F)F)cc1C(=O)O. The van der Waals surface area contributed by atoms with Gasteiger partial charge in [-0.25, -0.2) is 9.78 Å². The molecule has 0 aliphatic heterocycles. The molecule has 2 aromatic rings. The molecule has 2 rings (SSSR count). The van der Waals surface area contributed by atoms with Crippen molar-refractivity contribution >= 4 is 17.5 Å². The van der Waals surface area contributed by atoms with E-state index in [1.54, 1.807) is 0 Å². The molecule has 0 atom stereocenters. The molecule has 0 saturated carbocycles. The van der Waals surface area contributed by atoms with E-state index in [0.29, 0.717) is 12.3 Å². The van der Waals surface area contributed by atoms with E-state index in [2.05, 4.69) is 10.3 Å². The molecule has 0 bridgehead atoms. The van der Waals surface area contributed by atoms with Crippen molar-refractivity contribution in [1.29, 1.82) is 0 Å². The molecular weight excluding hydrogens is 354 g/mol. The zero-order valence-electron chi connectivity index (χ0n) is 12.5. The van der Waals surface area contributed by atoms with Gasteiger partial charge in [0.15, 0.2) is 0 Å². The Balaban J connectivity index is 2.42. The van der Waals surface area contributed by atoms with Crippen LogP contribution in [-0.2, 0) is 12.4 Å². The minimum Gasteiger partial charge on any atom is -0.478 e. The first-order valence-electron chi connectivity index (χ1n) is 6.65. The van der Waals surface area contributed by atoms with Gasteiger partial charge in [-0.15, -0.1) is 0 Å². The molecule has 0 fully saturated rings. The van der Waals surface area contributed by atoms with Crippen LogP contribution >= 0.6 is 0 Å². The molecule has 2 N–H and O–H groups in total. The van der Waals surface area contributed by atoms with Crippen molar-refractivity contribution in [2.24, 2.45) is 0 Å². The summed E-state index contributed by atoms with van der Waals surface area (Å²) in [4.78, 5) is 14.6. The van der Waals surface area contributed by atoms with Crippen molar-refractivity contribution in [1.82, 2.24) is 4.98 Å². The van der Waals surface area contributed by atoms with Crippen LogP contribution in [0.5, 0.6) is 0 Å². The van der Waals surface area contributed by atoms with Gasteiger partial charge in [0.25, 0.3) is 0 Å². The summed E-state index contributed by atoms with van der Waals surface area (Å²) in [6.45, 7) is 1.34.